The van der Waals surface area contributed by atoms with Gasteiger partial charge in [-0.05, 0) is 43.3 Å². The minimum absolute atomic E-state index is 0.875. The molecule has 0 unspecified atom stereocenters. The second-order valence-corrected chi connectivity index (χ2v) is 6.07. The van der Waals surface area contributed by atoms with E-state index in [2.05, 4.69) is 34.5 Å². The Hall–Kier alpha value is -1.13. The zero-order valence-electron chi connectivity index (χ0n) is 10.6. The summed E-state index contributed by atoms with van der Waals surface area (Å²) in [5.74, 6) is 1.77. The molecule has 1 aliphatic rings. The number of nitrogens with zero attached hydrogens (tertiary/aromatic N) is 2. The van der Waals surface area contributed by atoms with Crippen molar-refractivity contribution in [3.05, 3.63) is 29.3 Å². The Bertz CT molecular complexity index is 484. The van der Waals surface area contributed by atoms with E-state index in [-0.39, 0.29) is 0 Å². The second kappa shape index (κ2) is 5.24. The van der Waals surface area contributed by atoms with Crippen LogP contribution in [0.15, 0.2) is 28.1 Å². The van der Waals surface area contributed by atoms with Gasteiger partial charge in [-0.3, -0.25) is 4.90 Å². The minimum Gasteiger partial charge on any atom is -0.355 e. The number of piperidine rings is 1. The Labute approximate surface area is 111 Å². The highest BCUT2D eigenvalue weighted by Crippen LogP contribution is 2.26. The maximum atomic E-state index is 5.41. The Morgan fingerprint density at radius 3 is 3.00 bits per heavy atom. The summed E-state index contributed by atoms with van der Waals surface area (Å²) >= 11 is 1.69. The standard InChI is InChI=1S/C14H18N2OS/c1-11-4-6-16(7-5-11)10-12-9-13(17-15-12)14-3-2-8-18-14/h2-3,8-9,11H,4-7,10H2,1H3. The van der Waals surface area contributed by atoms with Crippen molar-refractivity contribution in [2.45, 2.75) is 26.3 Å². The second-order valence-electron chi connectivity index (χ2n) is 5.12. The van der Waals surface area contributed by atoms with Gasteiger partial charge in [0.1, 0.15) is 0 Å². The van der Waals surface area contributed by atoms with Crippen LogP contribution in [0.25, 0.3) is 10.6 Å². The van der Waals surface area contributed by atoms with Gasteiger partial charge >= 0.3 is 0 Å². The van der Waals surface area contributed by atoms with Crippen molar-refractivity contribution in [1.82, 2.24) is 10.1 Å². The molecular formula is C14H18N2OS. The molecule has 1 fully saturated rings. The molecule has 0 saturated carbocycles. The van der Waals surface area contributed by atoms with Crippen LogP contribution in [0.5, 0.6) is 0 Å². The van der Waals surface area contributed by atoms with Gasteiger partial charge in [0.05, 0.1) is 10.6 Å². The lowest BCUT2D eigenvalue weighted by Crippen LogP contribution is -2.32. The van der Waals surface area contributed by atoms with Gasteiger partial charge in [-0.25, -0.2) is 0 Å². The highest BCUT2D eigenvalue weighted by molar-refractivity contribution is 7.13. The summed E-state index contributed by atoms with van der Waals surface area (Å²) in [5.41, 5.74) is 1.05. The summed E-state index contributed by atoms with van der Waals surface area (Å²) < 4.78 is 5.41. The topological polar surface area (TPSA) is 29.3 Å². The van der Waals surface area contributed by atoms with Crippen molar-refractivity contribution >= 4 is 11.3 Å². The summed E-state index contributed by atoms with van der Waals surface area (Å²) in [4.78, 5) is 3.62. The van der Waals surface area contributed by atoms with Crippen LogP contribution in [-0.4, -0.2) is 23.1 Å². The first-order valence-electron chi connectivity index (χ1n) is 6.53. The molecule has 3 heterocycles. The third-order valence-electron chi connectivity index (χ3n) is 3.58. The molecule has 0 N–H and O–H groups in total. The largest absolute Gasteiger partial charge is 0.355 e. The fourth-order valence-electron chi connectivity index (χ4n) is 2.37. The lowest BCUT2D eigenvalue weighted by Gasteiger charge is -2.29. The molecule has 2 aromatic heterocycles. The average molecular weight is 262 g/mol. The molecule has 2 aromatic rings. The van der Waals surface area contributed by atoms with Crippen LogP contribution in [0.1, 0.15) is 25.5 Å². The van der Waals surface area contributed by atoms with Crippen molar-refractivity contribution in [3.8, 4) is 10.6 Å². The molecule has 3 rings (SSSR count). The van der Waals surface area contributed by atoms with E-state index in [4.69, 9.17) is 4.52 Å². The Balaban J connectivity index is 1.64. The molecule has 18 heavy (non-hydrogen) atoms. The lowest BCUT2D eigenvalue weighted by molar-refractivity contribution is 0.181. The van der Waals surface area contributed by atoms with Crippen LogP contribution >= 0.6 is 11.3 Å². The number of thiophene rings is 1. The zero-order valence-corrected chi connectivity index (χ0v) is 11.4. The summed E-state index contributed by atoms with van der Waals surface area (Å²) in [5, 5.41) is 6.23. The average Bonchev–Trinajstić information content (AvgIpc) is 3.02. The molecule has 0 radical (unpaired) electrons. The number of aromatic nitrogens is 1. The molecule has 0 aliphatic carbocycles. The molecule has 1 aliphatic heterocycles. The monoisotopic (exact) mass is 262 g/mol. The smallest absolute Gasteiger partial charge is 0.177 e. The quantitative estimate of drug-likeness (QED) is 0.845. The Kier molecular flexibility index (Phi) is 3.48. The molecule has 0 aromatic carbocycles. The van der Waals surface area contributed by atoms with E-state index in [1.165, 1.54) is 25.9 Å². The molecule has 3 nitrogen and oxygen atoms in total. The van der Waals surface area contributed by atoms with Crippen molar-refractivity contribution < 1.29 is 4.52 Å². The first-order chi connectivity index (χ1) is 8.81. The van der Waals surface area contributed by atoms with E-state index < -0.39 is 0 Å². The first-order valence-corrected chi connectivity index (χ1v) is 7.41. The van der Waals surface area contributed by atoms with Gasteiger partial charge < -0.3 is 4.52 Å². The van der Waals surface area contributed by atoms with Gasteiger partial charge in [-0.2, -0.15) is 0 Å². The predicted molar refractivity (Wildman–Crippen MR) is 73.5 cm³/mol. The third kappa shape index (κ3) is 2.65. The van der Waals surface area contributed by atoms with Gasteiger partial charge in [0.2, 0.25) is 0 Å². The molecule has 96 valence electrons. The van der Waals surface area contributed by atoms with Gasteiger partial charge in [-0.1, -0.05) is 18.1 Å². The zero-order chi connectivity index (χ0) is 12.4. The maximum Gasteiger partial charge on any atom is 0.177 e. The van der Waals surface area contributed by atoms with Crippen LogP contribution in [0.3, 0.4) is 0 Å². The van der Waals surface area contributed by atoms with E-state index >= 15 is 0 Å². The normalized spacial score (nSPS) is 18.3. The van der Waals surface area contributed by atoms with Gasteiger partial charge in [0, 0.05) is 12.6 Å². The van der Waals surface area contributed by atoms with Gasteiger partial charge in [0.25, 0.3) is 0 Å². The van der Waals surface area contributed by atoms with Crippen LogP contribution in [0, 0.1) is 5.92 Å². The van der Waals surface area contributed by atoms with Crippen molar-refractivity contribution in [2.75, 3.05) is 13.1 Å². The first kappa shape index (κ1) is 11.9. The van der Waals surface area contributed by atoms with E-state index in [0.29, 0.717) is 0 Å². The summed E-state index contributed by atoms with van der Waals surface area (Å²) in [6, 6.07) is 6.18. The molecule has 4 heteroatoms. The van der Waals surface area contributed by atoms with E-state index in [9.17, 15) is 0 Å². The maximum absolute atomic E-state index is 5.41. The molecular weight excluding hydrogens is 244 g/mol. The third-order valence-corrected chi connectivity index (χ3v) is 4.47. The SMILES string of the molecule is CC1CCN(Cc2cc(-c3cccs3)on2)CC1. The summed E-state index contributed by atoms with van der Waals surface area (Å²) in [6.07, 6.45) is 2.60. The van der Waals surface area contributed by atoms with E-state index in [1.807, 2.05) is 6.07 Å². The van der Waals surface area contributed by atoms with E-state index in [1.54, 1.807) is 11.3 Å². The Morgan fingerprint density at radius 2 is 2.28 bits per heavy atom. The van der Waals surface area contributed by atoms with Gasteiger partial charge in [0.15, 0.2) is 5.76 Å². The molecule has 0 atom stereocenters. The van der Waals surface area contributed by atoms with Crippen LogP contribution < -0.4 is 0 Å². The summed E-state index contributed by atoms with van der Waals surface area (Å²) in [7, 11) is 0. The highest BCUT2D eigenvalue weighted by atomic mass is 32.1. The molecule has 0 spiro atoms. The molecule has 0 amide bonds. The fourth-order valence-corrected chi connectivity index (χ4v) is 3.04. The molecule has 0 bridgehead atoms. The Morgan fingerprint density at radius 1 is 1.44 bits per heavy atom. The van der Waals surface area contributed by atoms with Crippen LogP contribution in [0.2, 0.25) is 0 Å². The minimum atomic E-state index is 0.875. The fraction of sp³-hybridized carbons (Fsp3) is 0.500. The molecule has 1 saturated heterocycles. The lowest BCUT2D eigenvalue weighted by atomic mass is 9.99. The highest BCUT2D eigenvalue weighted by Gasteiger charge is 2.17. The number of hydrogen-bond donors (Lipinski definition) is 0. The van der Waals surface area contributed by atoms with E-state index in [0.717, 1.165) is 28.8 Å². The summed E-state index contributed by atoms with van der Waals surface area (Å²) in [6.45, 7) is 5.62. The van der Waals surface area contributed by atoms with Crippen molar-refractivity contribution in [1.29, 1.82) is 0 Å². The predicted octanol–water partition coefficient (Wildman–Crippen LogP) is 3.64. The van der Waals surface area contributed by atoms with Crippen molar-refractivity contribution in [3.63, 3.8) is 0 Å². The number of hydrogen-bond acceptors (Lipinski definition) is 4. The van der Waals surface area contributed by atoms with Crippen molar-refractivity contribution in [2.24, 2.45) is 5.92 Å². The number of likely N-dealkylation sites (tertiary alicyclic amines) is 1. The number of rotatable bonds is 3. The van der Waals surface area contributed by atoms with Crippen LogP contribution in [0.4, 0.5) is 0 Å². The van der Waals surface area contributed by atoms with Gasteiger partial charge in [-0.15, -0.1) is 11.3 Å². The van der Waals surface area contributed by atoms with Crippen LogP contribution in [-0.2, 0) is 6.54 Å².